The molecule has 1 N–H and O–H groups in total. The third kappa shape index (κ3) is 1.84. The molecule has 0 heterocycles. The highest BCUT2D eigenvalue weighted by Crippen LogP contribution is 2.59. The molecule has 0 saturated heterocycles. The average Bonchev–Trinajstić information content (AvgIpc) is 2.15. The SMILES string of the molecule is CC(C)(C)C12CCCCC1CCC(O)C2. The predicted molar refractivity (Wildman–Crippen MR) is 63.7 cm³/mol. The van der Waals surface area contributed by atoms with E-state index in [-0.39, 0.29) is 6.10 Å². The fourth-order valence-electron chi connectivity index (χ4n) is 4.21. The Morgan fingerprint density at radius 2 is 1.80 bits per heavy atom. The van der Waals surface area contributed by atoms with Crippen LogP contribution in [-0.4, -0.2) is 11.2 Å². The fraction of sp³-hybridized carbons (Fsp3) is 1.00. The highest BCUT2D eigenvalue weighted by Gasteiger charge is 2.51. The lowest BCUT2D eigenvalue weighted by Crippen LogP contribution is -2.49. The van der Waals surface area contributed by atoms with Crippen molar-refractivity contribution < 1.29 is 5.11 Å². The average molecular weight is 210 g/mol. The fourth-order valence-corrected chi connectivity index (χ4v) is 4.21. The minimum Gasteiger partial charge on any atom is -0.393 e. The van der Waals surface area contributed by atoms with Gasteiger partial charge in [0, 0.05) is 0 Å². The minimum atomic E-state index is -0.0291. The molecule has 1 nitrogen and oxygen atoms in total. The zero-order valence-corrected chi connectivity index (χ0v) is 10.6. The lowest BCUT2D eigenvalue weighted by Gasteiger charge is -2.56. The molecule has 0 spiro atoms. The van der Waals surface area contributed by atoms with E-state index in [9.17, 15) is 5.11 Å². The summed E-state index contributed by atoms with van der Waals surface area (Å²) < 4.78 is 0. The van der Waals surface area contributed by atoms with Crippen LogP contribution in [0.4, 0.5) is 0 Å². The van der Waals surface area contributed by atoms with Crippen LogP contribution in [0.1, 0.15) is 65.7 Å². The van der Waals surface area contributed by atoms with Gasteiger partial charge in [-0.2, -0.15) is 0 Å². The maximum Gasteiger partial charge on any atom is 0.0546 e. The van der Waals surface area contributed by atoms with Crippen molar-refractivity contribution in [3.63, 3.8) is 0 Å². The number of aliphatic hydroxyl groups excluding tert-OH is 1. The molecule has 0 bridgehead atoms. The van der Waals surface area contributed by atoms with Crippen LogP contribution in [0, 0.1) is 16.7 Å². The molecular formula is C14H26O. The molecule has 0 aromatic rings. The Morgan fingerprint density at radius 1 is 1.07 bits per heavy atom. The number of aliphatic hydroxyl groups is 1. The van der Waals surface area contributed by atoms with Crippen LogP contribution in [0.15, 0.2) is 0 Å². The van der Waals surface area contributed by atoms with E-state index in [1.807, 2.05) is 0 Å². The molecule has 2 fully saturated rings. The second kappa shape index (κ2) is 3.76. The summed E-state index contributed by atoms with van der Waals surface area (Å²) in [6, 6.07) is 0. The van der Waals surface area contributed by atoms with E-state index in [1.165, 1.54) is 32.1 Å². The van der Waals surface area contributed by atoms with Crippen molar-refractivity contribution in [2.45, 2.75) is 71.8 Å². The first-order valence-corrected chi connectivity index (χ1v) is 6.64. The molecule has 2 saturated carbocycles. The summed E-state index contributed by atoms with van der Waals surface area (Å²) in [6.07, 6.45) is 8.88. The standard InChI is InChI=1S/C14H26O/c1-13(2,3)14-9-5-4-6-11(14)7-8-12(15)10-14/h11-12,15H,4-10H2,1-3H3. The first-order chi connectivity index (χ1) is 6.96. The van der Waals surface area contributed by atoms with E-state index < -0.39 is 0 Å². The van der Waals surface area contributed by atoms with Gasteiger partial charge in [-0.15, -0.1) is 0 Å². The van der Waals surface area contributed by atoms with Gasteiger partial charge in [-0.1, -0.05) is 33.6 Å². The molecule has 2 aliphatic rings. The first kappa shape index (κ1) is 11.4. The summed E-state index contributed by atoms with van der Waals surface area (Å²) in [4.78, 5) is 0. The van der Waals surface area contributed by atoms with Crippen molar-refractivity contribution >= 4 is 0 Å². The van der Waals surface area contributed by atoms with Gasteiger partial charge in [0.05, 0.1) is 6.10 Å². The zero-order chi connectivity index (χ0) is 11.1. The molecule has 2 rings (SSSR count). The Kier molecular flexibility index (Phi) is 2.87. The molecule has 2 aliphatic carbocycles. The van der Waals surface area contributed by atoms with Gasteiger partial charge < -0.3 is 5.11 Å². The van der Waals surface area contributed by atoms with Crippen LogP contribution in [0.25, 0.3) is 0 Å². The lowest BCUT2D eigenvalue weighted by molar-refractivity contribution is -0.0947. The van der Waals surface area contributed by atoms with Crippen LogP contribution in [-0.2, 0) is 0 Å². The number of hydrogen-bond donors (Lipinski definition) is 1. The monoisotopic (exact) mass is 210 g/mol. The minimum absolute atomic E-state index is 0.0291. The molecule has 0 amide bonds. The third-order valence-electron chi connectivity index (χ3n) is 5.15. The number of hydrogen-bond acceptors (Lipinski definition) is 1. The van der Waals surface area contributed by atoms with Crippen LogP contribution in [0.3, 0.4) is 0 Å². The van der Waals surface area contributed by atoms with E-state index in [1.54, 1.807) is 0 Å². The molecule has 3 atom stereocenters. The van der Waals surface area contributed by atoms with Gasteiger partial charge in [-0.3, -0.25) is 0 Å². The van der Waals surface area contributed by atoms with E-state index in [0.29, 0.717) is 10.8 Å². The van der Waals surface area contributed by atoms with Gasteiger partial charge in [0.1, 0.15) is 0 Å². The normalized spacial score (nSPS) is 42.4. The Hall–Kier alpha value is -0.0400. The van der Waals surface area contributed by atoms with Crippen molar-refractivity contribution in [2.24, 2.45) is 16.7 Å². The van der Waals surface area contributed by atoms with E-state index in [4.69, 9.17) is 0 Å². The molecular weight excluding hydrogens is 184 g/mol. The molecule has 0 radical (unpaired) electrons. The molecule has 1 heteroatoms. The smallest absolute Gasteiger partial charge is 0.0546 e. The van der Waals surface area contributed by atoms with E-state index in [0.717, 1.165) is 18.8 Å². The maximum absolute atomic E-state index is 9.98. The Labute approximate surface area is 94.3 Å². The summed E-state index contributed by atoms with van der Waals surface area (Å²) in [5, 5.41) is 9.98. The van der Waals surface area contributed by atoms with E-state index >= 15 is 0 Å². The Morgan fingerprint density at radius 3 is 2.47 bits per heavy atom. The molecule has 3 unspecified atom stereocenters. The van der Waals surface area contributed by atoms with Crippen LogP contribution in [0.2, 0.25) is 0 Å². The summed E-state index contributed by atoms with van der Waals surface area (Å²) in [6.45, 7) is 7.14. The second-order valence-electron chi connectivity index (χ2n) is 6.78. The van der Waals surface area contributed by atoms with E-state index in [2.05, 4.69) is 20.8 Å². The van der Waals surface area contributed by atoms with Crippen LogP contribution >= 0.6 is 0 Å². The van der Waals surface area contributed by atoms with Crippen molar-refractivity contribution in [1.29, 1.82) is 0 Å². The van der Waals surface area contributed by atoms with Gasteiger partial charge in [0.25, 0.3) is 0 Å². The largest absolute Gasteiger partial charge is 0.393 e. The quantitative estimate of drug-likeness (QED) is 0.645. The topological polar surface area (TPSA) is 20.2 Å². The number of fused-ring (bicyclic) bond motifs is 1. The second-order valence-corrected chi connectivity index (χ2v) is 6.78. The van der Waals surface area contributed by atoms with Gasteiger partial charge in [-0.05, 0) is 48.9 Å². The van der Waals surface area contributed by atoms with Crippen molar-refractivity contribution in [3.8, 4) is 0 Å². The van der Waals surface area contributed by atoms with Gasteiger partial charge in [0.2, 0.25) is 0 Å². The van der Waals surface area contributed by atoms with Crippen molar-refractivity contribution in [1.82, 2.24) is 0 Å². The van der Waals surface area contributed by atoms with Crippen LogP contribution < -0.4 is 0 Å². The molecule has 0 aliphatic heterocycles. The highest BCUT2D eigenvalue weighted by atomic mass is 16.3. The zero-order valence-electron chi connectivity index (χ0n) is 10.6. The lowest BCUT2D eigenvalue weighted by atomic mass is 9.49. The van der Waals surface area contributed by atoms with Crippen molar-refractivity contribution in [3.05, 3.63) is 0 Å². The molecule has 0 aromatic carbocycles. The summed E-state index contributed by atoms with van der Waals surface area (Å²) in [5.41, 5.74) is 0.794. The first-order valence-electron chi connectivity index (χ1n) is 6.64. The Balaban J connectivity index is 2.27. The maximum atomic E-state index is 9.98. The summed E-state index contributed by atoms with van der Waals surface area (Å²) in [5.74, 6) is 0.884. The molecule has 88 valence electrons. The summed E-state index contributed by atoms with van der Waals surface area (Å²) in [7, 11) is 0. The van der Waals surface area contributed by atoms with Gasteiger partial charge in [0.15, 0.2) is 0 Å². The number of rotatable bonds is 0. The van der Waals surface area contributed by atoms with Gasteiger partial charge >= 0.3 is 0 Å². The van der Waals surface area contributed by atoms with Crippen molar-refractivity contribution in [2.75, 3.05) is 0 Å². The highest BCUT2D eigenvalue weighted by molar-refractivity contribution is 5.01. The molecule has 15 heavy (non-hydrogen) atoms. The third-order valence-corrected chi connectivity index (χ3v) is 5.15. The van der Waals surface area contributed by atoms with Crippen LogP contribution in [0.5, 0.6) is 0 Å². The molecule has 0 aromatic heterocycles. The van der Waals surface area contributed by atoms with Gasteiger partial charge in [-0.25, -0.2) is 0 Å². The predicted octanol–water partition coefficient (Wildman–Crippen LogP) is 3.75. The summed E-state index contributed by atoms with van der Waals surface area (Å²) >= 11 is 0. The Bertz CT molecular complexity index is 228.